The third-order valence-corrected chi connectivity index (χ3v) is 2.51. The summed E-state index contributed by atoms with van der Waals surface area (Å²) >= 11 is 3.34. The van der Waals surface area contributed by atoms with E-state index in [1.54, 1.807) is 0 Å². The molecule has 3 heteroatoms. The molecule has 0 aliphatic carbocycles. The Morgan fingerprint density at radius 1 is 1.50 bits per heavy atom. The molecule has 3 N–H and O–H groups in total. The number of phenolic OH excluding ortho intramolecular Hbond substituents is 1. The Labute approximate surface area is 80.5 Å². The summed E-state index contributed by atoms with van der Waals surface area (Å²) in [7, 11) is 0. The Morgan fingerprint density at radius 2 is 2.08 bits per heavy atom. The van der Waals surface area contributed by atoms with Gasteiger partial charge in [0, 0.05) is 16.1 Å². The maximum absolute atomic E-state index is 9.64. The van der Waals surface area contributed by atoms with Gasteiger partial charge in [0.2, 0.25) is 0 Å². The van der Waals surface area contributed by atoms with Crippen molar-refractivity contribution in [2.75, 3.05) is 0 Å². The zero-order chi connectivity index (χ0) is 9.30. The first-order valence-electron chi connectivity index (χ1n) is 3.77. The summed E-state index contributed by atoms with van der Waals surface area (Å²) in [4.78, 5) is 0. The van der Waals surface area contributed by atoms with Gasteiger partial charge < -0.3 is 10.8 Å². The molecule has 1 aromatic rings. The summed E-state index contributed by atoms with van der Waals surface area (Å²) in [5.74, 6) is 0.291. The van der Waals surface area contributed by atoms with E-state index in [1.807, 2.05) is 26.0 Å². The highest BCUT2D eigenvalue weighted by Crippen LogP contribution is 2.32. The lowest BCUT2D eigenvalue weighted by atomic mass is 10.0. The standard InChI is InChI=1S/C9H12BrNO/c1-5-3-4-7(10)8(6(2)11)9(5)12/h3-4,6,12H,11H2,1-2H3/t6-/m1/s1. The monoisotopic (exact) mass is 229 g/mol. The van der Waals surface area contributed by atoms with Crippen LogP contribution in [0.1, 0.15) is 24.1 Å². The van der Waals surface area contributed by atoms with Crippen LogP contribution in [0.3, 0.4) is 0 Å². The number of phenols is 1. The lowest BCUT2D eigenvalue weighted by Gasteiger charge is -2.12. The van der Waals surface area contributed by atoms with Crippen molar-refractivity contribution in [1.82, 2.24) is 0 Å². The second-order valence-corrected chi connectivity index (χ2v) is 3.77. The predicted octanol–water partition coefficient (Wildman–Crippen LogP) is 2.48. The molecule has 0 aliphatic rings. The van der Waals surface area contributed by atoms with Crippen LogP contribution in [0.2, 0.25) is 0 Å². The molecule has 66 valence electrons. The summed E-state index contributed by atoms with van der Waals surface area (Å²) in [6.07, 6.45) is 0. The van der Waals surface area contributed by atoms with E-state index in [0.29, 0.717) is 5.75 Å². The first kappa shape index (κ1) is 9.55. The van der Waals surface area contributed by atoms with Gasteiger partial charge in [-0.25, -0.2) is 0 Å². The average molecular weight is 230 g/mol. The minimum atomic E-state index is -0.153. The highest BCUT2D eigenvalue weighted by molar-refractivity contribution is 9.10. The number of benzene rings is 1. The molecule has 2 nitrogen and oxygen atoms in total. The van der Waals surface area contributed by atoms with E-state index < -0.39 is 0 Å². The first-order valence-corrected chi connectivity index (χ1v) is 4.57. The van der Waals surface area contributed by atoms with E-state index in [2.05, 4.69) is 15.9 Å². The molecule has 0 unspecified atom stereocenters. The molecule has 1 atom stereocenters. The lowest BCUT2D eigenvalue weighted by Crippen LogP contribution is -2.06. The van der Waals surface area contributed by atoms with Crippen molar-refractivity contribution in [2.45, 2.75) is 19.9 Å². The predicted molar refractivity (Wildman–Crippen MR) is 53.1 cm³/mol. The van der Waals surface area contributed by atoms with Crippen molar-refractivity contribution in [1.29, 1.82) is 0 Å². The smallest absolute Gasteiger partial charge is 0.124 e. The van der Waals surface area contributed by atoms with Gasteiger partial charge in [-0.15, -0.1) is 0 Å². The summed E-state index contributed by atoms with van der Waals surface area (Å²) in [6.45, 7) is 3.70. The molecule has 1 rings (SSSR count). The van der Waals surface area contributed by atoms with Crippen LogP contribution in [0.4, 0.5) is 0 Å². The Bertz CT molecular complexity index is 297. The molecule has 0 amide bonds. The van der Waals surface area contributed by atoms with E-state index >= 15 is 0 Å². The molecule has 0 spiro atoms. The number of hydrogen-bond donors (Lipinski definition) is 2. The van der Waals surface area contributed by atoms with Gasteiger partial charge in [-0.1, -0.05) is 22.0 Å². The van der Waals surface area contributed by atoms with E-state index in [0.717, 1.165) is 15.6 Å². The molecule has 0 aromatic heterocycles. The molecule has 0 aliphatic heterocycles. The second kappa shape index (κ2) is 3.46. The van der Waals surface area contributed by atoms with Crippen molar-refractivity contribution < 1.29 is 5.11 Å². The molecule has 0 saturated heterocycles. The van der Waals surface area contributed by atoms with E-state index in [4.69, 9.17) is 5.73 Å². The topological polar surface area (TPSA) is 46.2 Å². The van der Waals surface area contributed by atoms with Gasteiger partial charge in [-0.3, -0.25) is 0 Å². The van der Waals surface area contributed by atoms with Crippen LogP contribution in [-0.2, 0) is 0 Å². The number of nitrogens with two attached hydrogens (primary N) is 1. The molecule has 0 bridgehead atoms. The van der Waals surface area contributed by atoms with Crippen LogP contribution in [0.5, 0.6) is 5.75 Å². The van der Waals surface area contributed by atoms with Gasteiger partial charge in [0.1, 0.15) is 5.75 Å². The molecule has 0 saturated carbocycles. The zero-order valence-corrected chi connectivity index (χ0v) is 8.72. The normalized spacial score (nSPS) is 13.0. The Hall–Kier alpha value is -0.540. The van der Waals surface area contributed by atoms with Gasteiger partial charge in [0.05, 0.1) is 0 Å². The fourth-order valence-electron chi connectivity index (χ4n) is 1.13. The van der Waals surface area contributed by atoms with Crippen molar-refractivity contribution in [3.63, 3.8) is 0 Å². The highest BCUT2D eigenvalue weighted by Gasteiger charge is 2.11. The second-order valence-electron chi connectivity index (χ2n) is 2.92. The van der Waals surface area contributed by atoms with Gasteiger partial charge >= 0.3 is 0 Å². The van der Waals surface area contributed by atoms with Crippen LogP contribution in [-0.4, -0.2) is 5.11 Å². The number of aromatic hydroxyl groups is 1. The Balaban J connectivity index is 3.33. The van der Waals surface area contributed by atoms with Crippen LogP contribution >= 0.6 is 15.9 Å². The Morgan fingerprint density at radius 3 is 2.50 bits per heavy atom. The molecule has 1 aromatic carbocycles. The molecule has 0 radical (unpaired) electrons. The number of halogens is 1. The minimum absolute atomic E-state index is 0.153. The molecular formula is C9H12BrNO. The minimum Gasteiger partial charge on any atom is -0.507 e. The van der Waals surface area contributed by atoms with Crippen LogP contribution in [0, 0.1) is 6.92 Å². The maximum Gasteiger partial charge on any atom is 0.124 e. The van der Waals surface area contributed by atoms with Crippen molar-refractivity contribution in [2.24, 2.45) is 5.73 Å². The lowest BCUT2D eigenvalue weighted by molar-refractivity contribution is 0.459. The quantitative estimate of drug-likeness (QED) is 0.778. The molecule has 0 heterocycles. The zero-order valence-electron chi connectivity index (χ0n) is 7.13. The molecular weight excluding hydrogens is 218 g/mol. The van der Waals surface area contributed by atoms with E-state index in [1.165, 1.54) is 0 Å². The maximum atomic E-state index is 9.64. The molecule has 12 heavy (non-hydrogen) atoms. The van der Waals surface area contributed by atoms with Crippen LogP contribution < -0.4 is 5.73 Å². The SMILES string of the molecule is Cc1ccc(Br)c([C@@H](C)N)c1O. The van der Waals surface area contributed by atoms with Gasteiger partial charge in [0.15, 0.2) is 0 Å². The number of aryl methyl sites for hydroxylation is 1. The third-order valence-electron chi connectivity index (χ3n) is 1.82. The fourth-order valence-corrected chi connectivity index (χ4v) is 1.81. The van der Waals surface area contributed by atoms with Crippen molar-refractivity contribution in [3.05, 3.63) is 27.7 Å². The first-order chi connectivity index (χ1) is 5.54. The van der Waals surface area contributed by atoms with Crippen LogP contribution in [0.15, 0.2) is 16.6 Å². The number of hydrogen-bond acceptors (Lipinski definition) is 2. The van der Waals surface area contributed by atoms with E-state index in [-0.39, 0.29) is 6.04 Å². The van der Waals surface area contributed by atoms with Gasteiger partial charge in [-0.2, -0.15) is 0 Å². The van der Waals surface area contributed by atoms with Crippen LogP contribution in [0.25, 0.3) is 0 Å². The molecule has 0 fully saturated rings. The summed E-state index contributed by atoms with van der Waals surface area (Å²) in [5, 5.41) is 9.64. The summed E-state index contributed by atoms with van der Waals surface area (Å²) in [5.41, 5.74) is 7.32. The average Bonchev–Trinajstić information content (AvgIpc) is 1.97. The highest BCUT2D eigenvalue weighted by atomic mass is 79.9. The summed E-state index contributed by atoms with van der Waals surface area (Å²) in [6, 6.07) is 3.60. The van der Waals surface area contributed by atoms with Crippen molar-refractivity contribution >= 4 is 15.9 Å². The Kier molecular flexibility index (Phi) is 2.75. The van der Waals surface area contributed by atoms with Crippen molar-refractivity contribution in [3.8, 4) is 5.75 Å². The summed E-state index contributed by atoms with van der Waals surface area (Å²) < 4.78 is 0.862. The van der Waals surface area contributed by atoms with E-state index in [9.17, 15) is 5.11 Å². The van der Waals surface area contributed by atoms with Gasteiger partial charge in [-0.05, 0) is 25.5 Å². The fraction of sp³-hybridized carbons (Fsp3) is 0.333. The number of rotatable bonds is 1. The van der Waals surface area contributed by atoms with Gasteiger partial charge in [0.25, 0.3) is 0 Å². The largest absolute Gasteiger partial charge is 0.507 e. The third kappa shape index (κ3) is 1.62.